The summed E-state index contributed by atoms with van der Waals surface area (Å²) >= 11 is 0. The molecule has 2 rings (SSSR count). The Bertz CT molecular complexity index is 355. The maximum atomic E-state index is 5.30. The summed E-state index contributed by atoms with van der Waals surface area (Å²) in [7, 11) is 3.81. The van der Waals surface area contributed by atoms with Crippen molar-refractivity contribution in [2.24, 2.45) is 0 Å². The molecule has 0 amide bonds. The molecule has 0 fully saturated rings. The Kier molecular flexibility index (Phi) is 2.05. The molecule has 0 bridgehead atoms. The zero-order chi connectivity index (χ0) is 9.26. The molecule has 1 aromatic rings. The number of nitrogens with zero attached hydrogens (tertiary/aromatic N) is 1. The van der Waals surface area contributed by atoms with E-state index in [0.29, 0.717) is 0 Å². The second kappa shape index (κ2) is 3.21. The van der Waals surface area contributed by atoms with E-state index in [1.54, 1.807) is 7.11 Å². The van der Waals surface area contributed by atoms with E-state index in [9.17, 15) is 0 Å². The quantitative estimate of drug-likeness (QED) is 0.588. The molecule has 1 aliphatic heterocycles. The van der Waals surface area contributed by atoms with Crippen molar-refractivity contribution in [1.82, 2.24) is 0 Å². The molecule has 2 heteroatoms. The van der Waals surface area contributed by atoms with Crippen molar-refractivity contribution in [2.75, 3.05) is 20.7 Å². The summed E-state index contributed by atoms with van der Waals surface area (Å²) in [4.78, 5) is 0. The zero-order valence-corrected chi connectivity index (χ0v) is 8.08. The van der Waals surface area contributed by atoms with E-state index in [-0.39, 0.29) is 0 Å². The lowest BCUT2D eigenvalue weighted by Gasteiger charge is -2.12. The van der Waals surface area contributed by atoms with E-state index in [0.717, 1.165) is 18.7 Å². The standard InChI is InChI=1S/C11H14NO/c1-12-7-6-9-4-3-5-11(13-2)10(9)8-12/h3-5,8H,6-7H2,1-2H3/q+1. The average Bonchev–Trinajstić information content (AvgIpc) is 2.17. The van der Waals surface area contributed by atoms with Gasteiger partial charge in [-0.05, 0) is 11.6 Å². The average molecular weight is 176 g/mol. The van der Waals surface area contributed by atoms with Gasteiger partial charge in [-0.25, -0.2) is 4.58 Å². The molecule has 0 atom stereocenters. The first-order chi connectivity index (χ1) is 6.31. The molecule has 0 N–H and O–H groups in total. The lowest BCUT2D eigenvalue weighted by Crippen LogP contribution is -2.19. The largest absolute Gasteiger partial charge is 0.496 e. The SMILES string of the molecule is COc1cccc2c1C=[N+](C)CC2. The summed E-state index contributed by atoms with van der Waals surface area (Å²) < 4.78 is 7.50. The fourth-order valence-corrected chi connectivity index (χ4v) is 1.71. The molecule has 1 aliphatic rings. The smallest absolute Gasteiger partial charge is 0.174 e. The van der Waals surface area contributed by atoms with Crippen LogP contribution in [-0.2, 0) is 6.42 Å². The zero-order valence-electron chi connectivity index (χ0n) is 8.08. The van der Waals surface area contributed by atoms with Gasteiger partial charge in [0.15, 0.2) is 6.21 Å². The van der Waals surface area contributed by atoms with Crippen molar-refractivity contribution in [3.8, 4) is 5.75 Å². The van der Waals surface area contributed by atoms with Crippen LogP contribution in [0, 0.1) is 0 Å². The molecule has 68 valence electrons. The minimum absolute atomic E-state index is 0.976. The number of ether oxygens (including phenoxy) is 1. The molecule has 0 radical (unpaired) electrons. The number of fused-ring (bicyclic) bond motifs is 1. The maximum Gasteiger partial charge on any atom is 0.174 e. The molecule has 0 saturated carbocycles. The van der Waals surface area contributed by atoms with Crippen LogP contribution in [-0.4, -0.2) is 31.5 Å². The van der Waals surface area contributed by atoms with Crippen LogP contribution in [0.1, 0.15) is 11.1 Å². The Balaban J connectivity index is 2.55. The summed E-state index contributed by atoms with van der Waals surface area (Å²) in [5, 5.41) is 0. The molecule has 0 unspecified atom stereocenters. The number of likely N-dealkylation sites (N-methyl/N-ethyl adjacent to an activating group) is 1. The summed E-state index contributed by atoms with van der Waals surface area (Å²) in [6, 6.07) is 6.23. The van der Waals surface area contributed by atoms with Crippen LogP contribution in [0.15, 0.2) is 18.2 Å². The fraction of sp³-hybridized carbons (Fsp3) is 0.364. The highest BCUT2D eigenvalue weighted by atomic mass is 16.5. The van der Waals surface area contributed by atoms with Gasteiger partial charge in [-0.3, -0.25) is 0 Å². The van der Waals surface area contributed by atoms with Gasteiger partial charge < -0.3 is 4.74 Å². The van der Waals surface area contributed by atoms with Crippen molar-refractivity contribution in [3.63, 3.8) is 0 Å². The Morgan fingerprint density at radius 2 is 2.23 bits per heavy atom. The molecule has 0 saturated heterocycles. The van der Waals surface area contributed by atoms with E-state index >= 15 is 0 Å². The van der Waals surface area contributed by atoms with Crippen LogP contribution in [0.3, 0.4) is 0 Å². The van der Waals surface area contributed by atoms with E-state index < -0.39 is 0 Å². The third kappa shape index (κ3) is 1.44. The Labute approximate surface area is 78.5 Å². The van der Waals surface area contributed by atoms with Gasteiger partial charge in [-0.15, -0.1) is 0 Å². The minimum Gasteiger partial charge on any atom is -0.496 e. The normalized spacial score (nSPS) is 14.8. The van der Waals surface area contributed by atoms with Crippen LogP contribution >= 0.6 is 0 Å². The Hall–Kier alpha value is -1.31. The first-order valence-corrected chi connectivity index (χ1v) is 4.52. The van der Waals surface area contributed by atoms with Crippen LogP contribution in [0.2, 0.25) is 0 Å². The second-order valence-electron chi connectivity index (χ2n) is 3.39. The highest BCUT2D eigenvalue weighted by molar-refractivity contribution is 5.83. The lowest BCUT2D eigenvalue weighted by molar-refractivity contribution is -0.493. The molecular formula is C11H14NO+. The predicted octanol–water partition coefficient (Wildman–Crippen LogP) is 1.31. The van der Waals surface area contributed by atoms with Gasteiger partial charge in [0.1, 0.15) is 19.3 Å². The molecule has 13 heavy (non-hydrogen) atoms. The third-order valence-electron chi connectivity index (χ3n) is 2.46. The van der Waals surface area contributed by atoms with Crippen LogP contribution in [0.25, 0.3) is 0 Å². The van der Waals surface area contributed by atoms with Gasteiger partial charge in [0.25, 0.3) is 0 Å². The first-order valence-electron chi connectivity index (χ1n) is 4.52. The number of methoxy groups -OCH3 is 1. The van der Waals surface area contributed by atoms with E-state index in [1.807, 2.05) is 6.07 Å². The number of benzene rings is 1. The predicted molar refractivity (Wildman–Crippen MR) is 52.9 cm³/mol. The van der Waals surface area contributed by atoms with Crippen LogP contribution in [0.5, 0.6) is 5.75 Å². The van der Waals surface area contributed by atoms with Gasteiger partial charge in [-0.2, -0.15) is 0 Å². The van der Waals surface area contributed by atoms with Crippen LogP contribution < -0.4 is 4.74 Å². The minimum atomic E-state index is 0.976. The summed E-state index contributed by atoms with van der Waals surface area (Å²) in [6.07, 6.45) is 3.26. The van der Waals surface area contributed by atoms with Gasteiger partial charge in [0.05, 0.1) is 12.7 Å². The molecule has 0 aromatic heterocycles. The van der Waals surface area contributed by atoms with E-state index in [2.05, 4.69) is 30.0 Å². The van der Waals surface area contributed by atoms with Crippen molar-refractivity contribution in [1.29, 1.82) is 0 Å². The number of hydrogen-bond acceptors (Lipinski definition) is 1. The molecule has 1 heterocycles. The van der Waals surface area contributed by atoms with Gasteiger partial charge in [0, 0.05) is 6.42 Å². The Morgan fingerprint density at radius 3 is 3.00 bits per heavy atom. The molecular weight excluding hydrogens is 162 g/mol. The maximum absolute atomic E-state index is 5.30. The Morgan fingerprint density at radius 1 is 1.38 bits per heavy atom. The lowest BCUT2D eigenvalue weighted by atomic mass is 10.0. The van der Waals surface area contributed by atoms with E-state index in [4.69, 9.17) is 4.74 Å². The monoisotopic (exact) mass is 176 g/mol. The topological polar surface area (TPSA) is 12.2 Å². The van der Waals surface area contributed by atoms with Crippen molar-refractivity contribution in [2.45, 2.75) is 6.42 Å². The molecule has 0 aliphatic carbocycles. The van der Waals surface area contributed by atoms with E-state index in [1.165, 1.54) is 11.1 Å². The highest BCUT2D eigenvalue weighted by Crippen LogP contribution is 2.22. The third-order valence-corrected chi connectivity index (χ3v) is 2.46. The van der Waals surface area contributed by atoms with Crippen molar-refractivity contribution < 1.29 is 9.31 Å². The van der Waals surface area contributed by atoms with Crippen molar-refractivity contribution >= 4 is 6.21 Å². The summed E-state index contributed by atoms with van der Waals surface area (Å²) in [6.45, 7) is 1.10. The fourth-order valence-electron chi connectivity index (χ4n) is 1.71. The van der Waals surface area contributed by atoms with Gasteiger partial charge in [0.2, 0.25) is 0 Å². The van der Waals surface area contributed by atoms with Crippen molar-refractivity contribution in [3.05, 3.63) is 29.3 Å². The molecule has 0 spiro atoms. The molecule has 1 aromatic carbocycles. The second-order valence-corrected chi connectivity index (χ2v) is 3.39. The number of rotatable bonds is 1. The number of hydrogen-bond donors (Lipinski definition) is 0. The summed E-state index contributed by atoms with van der Waals surface area (Å²) in [5.41, 5.74) is 2.62. The van der Waals surface area contributed by atoms with Gasteiger partial charge >= 0.3 is 0 Å². The first kappa shape index (κ1) is 8.30. The van der Waals surface area contributed by atoms with Crippen LogP contribution in [0.4, 0.5) is 0 Å². The highest BCUT2D eigenvalue weighted by Gasteiger charge is 2.15. The van der Waals surface area contributed by atoms with Gasteiger partial charge in [-0.1, -0.05) is 12.1 Å². The molecule has 2 nitrogen and oxygen atoms in total. The summed E-state index contributed by atoms with van der Waals surface area (Å²) in [5.74, 6) is 0.976.